The molecular formula is C19H21FN2O5S. The van der Waals surface area contributed by atoms with Crippen molar-refractivity contribution in [3.05, 3.63) is 59.9 Å². The number of hydrogen-bond donors (Lipinski definition) is 1. The van der Waals surface area contributed by atoms with Crippen LogP contribution in [0.25, 0.3) is 0 Å². The molecule has 0 aromatic heterocycles. The summed E-state index contributed by atoms with van der Waals surface area (Å²) in [7, 11) is -3.58. The minimum absolute atomic E-state index is 0.00115. The lowest BCUT2D eigenvalue weighted by molar-refractivity contribution is -0.119. The molecule has 0 aliphatic rings. The molecule has 2 aromatic carbocycles. The number of benzene rings is 2. The fourth-order valence-corrected chi connectivity index (χ4v) is 3.91. The van der Waals surface area contributed by atoms with Crippen LogP contribution in [0.4, 0.5) is 10.1 Å². The Balaban J connectivity index is 1.95. The second-order valence-corrected chi connectivity index (χ2v) is 7.69. The summed E-state index contributed by atoms with van der Waals surface area (Å²) < 4.78 is 44.1. The minimum atomic E-state index is -3.58. The third kappa shape index (κ3) is 5.37. The Morgan fingerprint density at radius 1 is 1.07 bits per heavy atom. The lowest BCUT2D eigenvalue weighted by atomic mass is 10.2. The molecule has 2 rings (SSSR count). The summed E-state index contributed by atoms with van der Waals surface area (Å²) in [5.41, 5.74) is 0.351. The number of esters is 1. The predicted molar refractivity (Wildman–Crippen MR) is 102 cm³/mol. The molecule has 1 N–H and O–H groups in total. The summed E-state index contributed by atoms with van der Waals surface area (Å²) in [4.78, 5) is 23.8. The molecule has 0 aliphatic carbocycles. The zero-order valence-corrected chi connectivity index (χ0v) is 16.3. The fourth-order valence-electron chi connectivity index (χ4n) is 2.45. The Kier molecular flexibility index (Phi) is 7.24. The van der Waals surface area contributed by atoms with Crippen molar-refractivity contribution >= 4 is 27.6 Å². The van der Waals surface area contributed by atoms with E-state index in [2.05, 4.69) is 5.32 Å². The van der Waals surface area contributed by atoms with Crippen LogP contribution in [0, 0.1) is 5.82 Å². The molecule has 2 aromatic rings. The predicted octanol–water partition coefficient (Wildman–Crippen LogP) is 2.65. The molecule has 0 saturated heterocycles. The van der Waals surface area contributed by atoms with Crippen LogP contribution in [0.1, 0.15) is 24.2 Å². The number of rotatable bonds is 8. The minimum Gasteiger partial charge on any atom is -0.452 e. The van der Waals surface area contributed by atoms with Crippen molar-refractivity contribution in [1.29, 1.82) is 0 Å². The number of ether oxygens (including phenoxy) is 1. The molecule has 0 bridgehead atoms. The van der Waals surface area contributed by atoms with Gasteiger partial charge in [0.05, 0.1) is 10.5 Å². The molecule has 0 radical (unpaired) electrons. The first-order valence-electron chi connectivity index (χ1n) is 8.60. The lowest BCUT2D eigenvalue weighted by Gasteiger charge is -2.18. The maximum Gasteiger partial charge on any atom is 0.338 e. The Morgan fingerprint density at radius 2 is 1.71 bits per heavy atom. The van der Waals surface area contributed by atoms with Crippen molar-refractivity contribution in [2.24, 2.45) is 0 Å². The lowest BCUT2D eigenvalue weighted by Crippen LogP contribution is -2.30. The first-order valence-corrected chi connectivity index (χ1v) is 10.0. The van der Waals surface area contributed by atoms with Gasteiger partial charge in [0.2, 0.25) is 10.0 Å². The molecule has 0 heterocycles. The van der Waals surface area contributed by atoms with Gasteiger partial charge in [-0.05, 0) is 42.5 Å². The zero-order valence-electron chi connectivity index (χ0n) is 15.5. The van der Waals surface area contributed by atoms with Crippen LogP contribution in [-0.2, 0) is 19.6 Å². The quantitative estimate of drug-likeness (QED) is 0.678. The van der Waals surface area contributed by atoms with Crippen molar-refractivity contribution in [1.82, 2.24) is 4.31 Å². The standard InChI is InChI=1S/C19H21FN2O5S/c1-3-22(4-2)28(25,26)17-10-8-16(9-11-17)21-18(23)13-27-19(24)14-6-5-7-15(20)12-14/h5-12H,3-4,13H2,1-2H3,(H,21,23). The van der Waals surface area contributed by atoms with Gasteiger partial charge in [-0.2, -0.15) is 4.31 Å². The summed E-state index contributed by atoms with van der Waals surface area (Å²) >= 11 is 0. The summed E-state index contributed by atoms with van der Waals surface area (Å²) in [6.07, 6.45) is 0. The molecule has 150 valence electrons. The van der Waals surface area contributed by atoms with Gasteiger partial charge < -0.3 is 10.1 Å². The SMILES string of the molecule is CCN(CC)S(=O)(=O)c1ccc(NC(=O)COC(=O)c2cccc(F)c2)cc1. The molecule has 0 spiro atoms. The van der Waals surface area contributed by atoms with Gasteiger partial charge >= 0.3 is 5.97 Å². The number of nitrogens with one attached hydrogen (secondary N) is 1. The van der Waals surface area contributed by atoms with Crippen LogP contribution >= 0.6 is 0 Å². The highest BCUT2D eigenvalue weighted by Gasteiger charge is 2.21. The van der Waals surface area contributed by atoms with Crippen molar-refractivity contribution in [3.63, 3.8) is 0 Å². The Hall–Kier alpha value is -2.78. The van der Waals surface area contributed by atoms with Gasteiger partial charge in [-0.1, -0.05) is 19.9 Å². The van der Waals surface area contributed by atoms with E-state index < -0.39 is 34.3 Å². The van der Waals surface area contributed by atoms with Crippen LogP contribution in [-0.4, -0.2) is 44.3 Å². The van der Waals surface area contributed by atoms with Gasteiger partial charge in [0, 0.05) is 18.8 Å². The normalized spacial score (nSPS) is 11.3. The molecule has 0 fully saturated rings. The highest BCUT2D eigenvalue weighted by atomic mass is 32.2. The average Bonchev–Trinajstić information content (AvgIpc) is 2.67. The molecule has 1 amide bonds. The van der Waals surface area contributed by atoms with Crippen LogP contribution in [0.15, 0.2) is 53.4 Å². The smallest absolute Gasteiger partial charge is 0.338 e. The Morgan fingerprint density at radius 3 is 2.29 bits per heavy atom. The third-order valence-corrected chi connectivity index (χ3v) is 5.94. The molecule has 28 heavy (non-hydrogen) atoms. The van der Waals surface area contributed by atoms with Crippen LogP contribution in [0.5, 0.6) is 0 Å². The molecule has 0 saturated carbocycles. The van der Waals surface area contributed by atoms with Gasteiger partial charge in [-0.25, -0.2) is 17.6 Å². The largest absolute Gasteiger partial charge is 0.452 e. The van der Waals surface area contributed by atoms with Crippen molar-refractivity contribution in [2.45, 2.75) is 18.7 Å². The number of hydrogen-bond acceptors (Lipinski definition) is 5. The number of carbonyl (C=O) groups is 2. The van der Waals surface area contributed by atoms with Crippen molar-refractivity contribution < 1.29 is 27.1 Å². The summed E-state index contributed by atoms with van der Waals surface area (Å²) in [6.45, 7) is 3.65. The number of anilines is 1. The zero-order chi connectivity index (χ0) is 20.7. The second kappa shape index (κ2) is 9.43. The monoisotopic (exact) mass is 408 g/mol. The van der Waals surface area contributed by atoms with Crippen LogP contribution < -0.4 is 5.32 Å². The van der Waals surface area contributed by atoms with Gasteiger partial charge in [-0.15, -0.1) is 0 Å². The molecule has 9 heteroatoms. The maximum absolute atomic E-state index is 13.1. The number of nitrogens with zero attached hydrogens (tertiary/aromatic N) is 1. The van der Waals surface area contributed by atoms with Gasteiger partial charge in [0.1, 0.15) is 5.82 Å². The van der Waals surface area contributed by atoms with Crippen molar-refractivity contribution in [3.8, 4) is 0 Å². The highest BCUT2D eigenvalue weighted by Crippen LogP contribution is 2.18. The highest BCUT2D eigenvalue weighted by molar-refractivity contribution is 7.89. The fraction of sp³-hybridized carbons (Fsp3) is 0.263. The Labute approximate surface area is 163 Å². The summed E-state index contributed by atoms with van der Waals surface area (Å²) in [5, 5.41) is 2.50. The van der Waals surface area contributed by atoms with E-state index in [0.29, 0.717) is 18.8 Å². The third-order valence-electron chi connectivity index (χ3n) is 3.88. The molecule has 0 atom stereocenters. The van der Waals surface area contributed by atoms with Crippen LogP contribution in [0.3, 0.4) is 0 Å². The number of amides is 1. The Bertz CT molecular complexity index is 941. The van der Waals surface area contributed by atoms with Crippen molar-refractivity contribution in [2.75, 3.05) is 25.0 Å². The number of halogens is 1. The summed E-state index contributed by atoms with van der Waals surface area (Å²) in [5.74, 6) is -2.02. The first-order chi connectivity index (χ1) is 13.3. The first kappa shape index (κ1) is 21.5. The maximum atomic E-state index is 13.1. The van der Waals surface area contributed by atoms with E-state index in [-0.39, 0.29) is 10.5 Å². The topological polar surface area (TPSA) is 92.8 Å². The summed E-state index contributed by atoms with van der Waals surface area (Å²) in [6, 6.07) is 10.6. The molecular weight excluding hydrogens is 387 g/mol. The number of carbonyl (C=O) groups excluding carboxylic acids is 2. The van der Waals surface area contributed by atoms with E-state index >= 15 is 0 Å². The van der Waals surface area contributed by atoms with E-state index in [1.54, 1.807) is 13.8 Å². The van der Waals surface area contributed by atoms with Gasteiger partial charge in [0.15, 0.2) is 6.61 Å². The van der Waals surface area contributed by atoms with E-state index in [1.165, 1.54) is 46.8 Å². The second-order valence-electron chi connectivity index (χ2n) is 5.75. The van der Waals surface area contributed by atoms with Gasteiger partial charge in [0.25, 0.3) is 5.91 Å². The molecule has 0 unspecified atom stereocenters. The van der Waals surface area contributed by atoms with Gasteiger partial charge in [-0.3, -0.25) is 4.79 Å². The van der Waals surface area contributed by atoms with E-state index in [1.807, 2.05) is 0 Å². The molecule has 0 aliphatic heterocycles. The van der Waals surface area contributed by atoms with E-state index in [9.17, 15) is 22.4 Å². The van der Waals surface area contributed by atoms with E-state index in [0.717, 1.165) is 6.07 Å². The van der Waals surface area contributed by atoms with E-state index in [4.69, 9.17) is 4.74 Å². The number of sulfonamides is 1. The average molecular weight is 408 g/mol. The molecule has 7 nitrogen and oxygen atoms in total. The van der Waals surface area contributed by atoms with Crippen LogP contribution in [0.2, 0.25) is 0 Å².